The maximum atomic E-state index is 12.2. The molecule has 0 radical (unpaired) electrons. The second-order valence-electron chi connectivity index (χ2n) is 5.52. The fraction of sp³-hybridized carbons (Fsp3) is 0.533. The highest BCUT2D eigenvalue weighted by atomic mass is 35.5. The van der Waals surface area contributed by atoms with Crippen molar-refractivity contribution in [1.29, 1.82) is 0 Å². The summed E-state index contributed by atoms with van der Waals surface area (Å²) in [4.78, 5) is 16.7. The van der Waals surface area contributed by atoms with Gasteiger partial charge in [-0.2, -0.15) is 0 Å². The van der Waals surface area contributed by atoms with Crippen LogP contribution in [-0.4, -0.2) is 55.4 Å². The van der Waals surface area contributed by atoms with E-state index in [-0.39, 0.29) is 5.78 Å². The van der Waals surface area contributed by atoms with E-state index in [0.717, 1.165) is 25.9 Å². The molecule has 1 aromatic rings. The maximum absolute atomic E-state index is 12.2. The first-order valence-electron chi connectivity index (χ1n) is 6.84. The lowest BCUT2D eigenvalue weighted by molar-refractivity contribution is 0.0874. The Morgan fingerprint density at radius 3 is 2.45 bits per heavy atom. The molecule has 2 rings (SSSR count). The molecule has 0 N–H and O–H groups in total. The molecule has 0 saturated carbocycles. The molecular weight excluding hydrogens is 295 g/mol. The topological polar surface area (TPSA) is 23.6 Å². The Kier molecular flexibility index (Phi) is 5.44. The summed E-state index contributed by atoms with van der Waals surface area (Å²) in [6, 6.07) is 5.70. The van der Waals surface area contributed by atoms with Crippen LogP contribution in [0.25, 0.3) is 0 Å². The molecule has 1 heterocycles. The van der Waals surface area contributed by atoms with Gasteiger partial charge in [0.15, 0.2) is 5.78 Å². The van der Waals surface area contributed by atoms with Gasteiger partial charge in [0.05, 0.1) is 16.6 Å². The molecular formula is C15H20Cl2N2O. The number of benzene rings is 1. The molecule has 0 atom stereocenters. The molecule has 0 unspecified atom stereocenters. The van der Waals surface area contributed by atoms with E-state index in [0.29, 0.717) is 28.2 Å². The SMILES string of the molecule is CN(C)C1CCN(CC(=O)c2ccc(Cl)c(Cl)c2)CC1. The fourth-order valence-corrected chi connectivity index (χ4v) is 2.86. The zero-order chi connectivity index (χ0) is 14.7. The molecule has 0 amide bonds. The van der Waals surface area contributed by atoms with Crippen molar-refractivity contribution in [2.45, 2.75) is 18.9 Å². The molecule has 1 fully saturated rings. The summed E-state index contributed by atoms with van der Waals surface area (Å²) in [5.74, 6) is 0.104. The van der Waals surface area contributed by atoms with Gasteiger partial charge in [0.1, 0.15) is 0 Å². The number of hydrogen-bond donors (Lipinski definition) is 0. The van der Waals surface area contributed by atoms with Crippen molar-refractivity contribution in [3.63, 3.8) is 0 Å². The Hall–Kier alpha value is -0.610. The van der Waals surface area contributed by atoms with Crippen LogP contribution in [0.2, 0.25) is 10.0 Å². The Bertz CT molecular complexity index is 483. The van der Waals surface area contributed by atoms with E-state index >= 15 is 0 Å². The molecule has 1 aliphatic rings. The molecule has 1 saturated heterocycles. The van der Waals surface area contributed by atoms with Crippen LogP contribution in [0.4, 0.5) is 0 Å². The van der Waals surface area contributed by atoms with Crippen LogP contribution in [0.15, 0.2) is 18.2 Å². The average molecular weight is 315 g/mol. The van der Waals surface area contributed by atoms with Crippen LogP contribution >= 0.6 is 23.2 Å². The maximum Gasteiger partial charge on any atom is 0.176 e. The van der Waals surface area contributed by atoms with Crippen molar-refractivity contribution in [2.24, 2.45) is 0 Å². The Labute approximate surface area is 130 Å². The second-order valence-corrected chi connectivity index (χ2v) is 6.34. The third kappa shape index (κ3) is 3.95. The lowest BCUT2D eigenvalue weighted by Crippen LogP contribution is -2.43. The van der Waals surface area contributed by atoms with Crippen LogP contribution in [-0.2, 0) is 0 Å². The molecule has 0 aromatic heterocycles. The second kappa shape index (κ2) is 6.90. The summed E-state index contributed by atoms with van der Waals surface area (Å²) in [6.45, 7) is 2.39. The molecule has 1 aliphatic heterocycles. The minimum absolute atomic E-state index is 0.104. The summed E-state index contributed by atoms with van der Waals surface area (Å²) in [6.07, 6.45) is 2.23. The van der Waals surface area contributed by atoms with E-state index in [1.807, 2.05) is 0 Å². The average Bonchev–Trinajstić information content (AvgIpc) is 2.42. The quantitative estimate of drug-likeness (QED) is 0.797. The van der Waals surface area contributed by atoms with Gasteiger partial charge in [-0.25, -0.2) is 0 Å². The summed E-state index contributed by atoms with van der Waals surface area (Å²) < 4.78 is 0. The van der Waals surface area contributed by atoms with Gasteiger partial charge in [0.25, 0.3) is 0 Å². The number of carbonyl (C=O) groups is 1. The highest BCUT2D eigenvalue weighted by molar-refractivity contribution is 6.42. The number of hydrogen-bond acceptors (Lipinski definition) is 3. The van der Waals surface area contributed by atoms with Crippen molar-refractivity contribution in [3.8, 4) is 0 Å². The minimum atomic E-state index is 0.104. The van der Waals surface area contributed by atoms with Gasteiger partial charge < -0.3 is 4.90 Å². The zero-order valence-electron chi connectivity index (χ0n) is 11.9. The van der Waals surface area contributed by atoms with E-state index in [1.165, 1.54) is 0 Å². The molecule has 110 valence electrons. The molecule has 1 aromatic carbocycles. The zero-order valence-corrected chi connectivity index (χ0v) is 13.4. The van der Waals surface area contributed by atoms with Crippen LogP contribution in [0.3, 0.4) is 0 Å². The Morgan fingerprint density at radius 2 is 1.90 bits per heavy atom. The number of rotatable bonds is 4. The van der Waals surface area contributed by atoms with Crippen LogP contribution in [0, 0.1) is 0 Å². The van der Waals surface area contributed by atoms with E-state index in [9.17, 15) is 4.79 Å². The van der Waals surface area contributed by atoms with Crippen LogP contribution < -0.4 is 0 Å². The largest absolute Gasteiger partial charge is 0.306 e. The van der Waals surface area contributed by atoms with Gasteiger partial charge in [-0.1, -0.05) is 23.2 Å². The van der Waals surface area contributed by atoms with Gasteiger partial charge in [0.2, 0.25) is 0 Å². The van der Waals surface area contributed by atoms with Gasteiger partial charge in [0, 0.05) is 24.7 Å². The van der Waals surface area contributed by atoms with Crippen molar-refractivity contribution >= 4 is 29.0 Å². The number of ketones is 1. The number of nitrogens with zero attached hydrogens (tertiary/aromatic N) is 2. The first kappa shape index (κ1) is 15.8. The molecule has 0 spiro atoms. The number of piperidine rings is 1. The van der Waals surface area contributed by atoms with Gasteiger partial charge in [-0.15, -0.1) is 0 Å². The van der Waals surface area contributed by atoms with E-state index in [1.54, 1.807) is 18.2 Å². The lowest BCUT2D eigenvalue weighted by atomic mass is 10.0. The van der Waals surface area contributed by atoms with Gasteiger partial charge >= 0.3 is 0 Å². The summed E-state index contributed by atoms with van der Waals surface area (Å²) in [5, 5.41) is 0.916. The summed E-state index contributed by atoms with van der Waals surface area (Å²) >= 11 is 11.8. The monoisotopic (exact) mass is 314 g/mol. The van der Waals surface area contributed by atoms with Gasteiger partial charge in [-0.05, 0) is 45.1 Å². The first-order valence-corrected chi connectivity index (χ1v) is 7.60. The van der Waals surface area contributed by atoms with E-state index < -0.39 is 0 Å². The highest BCUT2D eigenvalue weighted by Crippen LogP contribution is 2.23. The molecule has 5 heteroatoms. The van der Waals surface area contributed by atoms with Gasteiger partial charge in [-0.3, -0.25) is 9.69 Å². The third-order valence-corrected chi connectivity index (χ3v) is 4.64. The van der Waals surface area contributed by atoms with Crippen LogP contribution in [0.1, 0.15) is 23.2 Å². The summed E-state index contributed by atoms with van der Waals surface area (Å²) in [5.41, 5.74) is 0.633. The van der Waals surface area contributed by atoms with Crippen LogP contribution in [0.5, 0.6) is 0 Å². The van der Waals surface area contributed by atoms with E-state index in [4.69, 9.17) is 23.2 Å². The number of Topliss-reactive ketones (excluding diaryl/α,β-unsaturated/α-hetero) is 1. The highest BCUT2D eigenvalue weighted by Gasteiger charge is 2.22. The molecule has 0 bridgehead atoms. The van der Waals surface area contributed by atoms with Crippen molar-refractivity contribution in [3.05, 3.63) is 33.8 Å². The predicted molar refractivity (Wildman–Crippen MR) is 83.9 cm³/mol. The summed E-state index contributed by atoms with van der Waals surface area (Å²) in [7, 11) is 4.22. The molecule has 20 heavy (non-hydrogen) atoms. The number of likely N-dealkylation sites (tertiary alicyclic amines) is 1. The number of carbonyl (C=O) groups excluding carboxylic acids is 1. The fourth-order valence-electron chi connectivity index (χ4n) is 2.56. The Balaban J connectivity index is 1.91. The minimum Gasteiger partial charge on any atom is -0.306 e. The van der Waals surface area contributed by atoms with E-state index in [2.05, 4.69) is 23.9 Å². The third-order valence-electron chi connectivity index (χ3n) is 3.90. The standard InChI is InChI=1S/C15H20Cl2N2O/c1-18(2)12-5-7-19(8-6-12)10-15(20)11-3-4-13(16)14(17)9-11/h3-4,9,12H,5-8,10H2,1-2H3. The normalized spacial score (nSPS) is 17.6. The molecule has 0 aliphatic carbocycles. The predicted octanol–water partition coefficient (Wildman–Crippen LogP) is 3.20. The van der Waals surface area contributed by atoms with Crippen molar-refractivity contribution in [2.75, 3.05) is 33.7 Å². The van der Waals surface area contributed by atoms with Crippen molar-refractivity contribution in [1.82, 2.24) is 9.80 Å². The Morgan fingerprint density at radius 1 is 1.25 bits per heavy atom. The number of halogens is 2. The lowest BCUT2D eigenvalue weighted by Gasteiger charge is -2.34. The smallest absolute Gasteiger partial charge is 0.176 e. The van der Waals surface area contributed by atoms with Crippen molar-refractivity contribution < 1.29 is 4.79 Å². The first-order chi connectivity index (χ1) is 9.47. The molecule has 3 nitrogen and oxygen atoms in total.